The molecule has 1 aliphatic heterocycles. The van der Waals surface area contributed by atoms with Gasteiger partial charge in [-0.05, 0) is 37.3 Å². The Morgan fingerprint density at radius 1 is 1.11 bits per heavy atom. The maximum absolute atomic E-state index is 13.1. The summed E-state index contributed by atoms with van der Waals surface area (Å²) in [5, 5.41) is 4.29. The second-order valence-electron chi connectivity index (χ2n) is 6.29. The van der Waals surface area contributed by atoms with E-state index in [4.69, 9.17) is 4.74 Å². The van der Waals surface area contributed by atoms with Crippen molar-refractivity contribution in [3.05, 3.63) is 54.1 Å². The quantitative estimate of drug-likeness (QED) is 0.706. The number of rotatable bonds is 4. The lowest BCUT2D eigenvalue weighted by Crippen LogP contribution is -2.48. The summed E-state index contributed by atoms with van der Waals surface area (Å²) in [5.41, 5.74) is 1.93. The van der Waals surface area contributed by atoms with Crippen LogP contribution < -0.4 is 9.64 Å². The SMILES string of the molecule is CCOc1ccc2nc(C(=O)N3CCN(c4ccc(F)cc4)CC3)cn2n1. The van der Waals surface area contributed by atoms with Crippen LogP contribution in [0.1, 0.15) is 17.4 Å². The van der Waals surface area contributed by atoms with Crippen molar-refractivity contribution in [2.24, 2.45) is 0 Å². The van der Waals surface area contributed by atoms with Crippen LogP contribution in [0.5, 0.6) is 5.88 Å². The van der Waals surface area contributed by atoms with Crippen LogP contribution in [0.25, 0.3) is 5.65 Å². The van der Waals surface area contributed by atoms with E-state index in [2.05, 4.69) is 15.0 Å². The smallest absolute Gasteiger partial charge is 0.274 e. The third-order valence-electron chi connectivity index (χ3n) is 4.57. The molecule has 0 aliphatic carbocycles. The fourth-order valence-electron chi connectivity index (χ4n) is 3.17. The van der Waals surface area contributed by atoms with E-state index in [1.54, 1.807) is 39.9 Å². The largest absolute Gasteiger partial charge is 0.477 e. The Bertz CT molecular complexity index is 948. The highest BCUT2D eigenvalue weighted by atomic mass is 19.1. The van der Waals surface area contributed by atoms with E-state index in [0.29, 0.717) is 50.0 Å². The molecule has 3 heterocycles. The Hall–Kier alpha value is -3.16. The van der Waals surface area contributed by atoms with Crippen LogP contribution in [0.3, 0.4) is 0 Å². The van der Waals surface area contributed by atoms with Crippen LogP contribution in [0, 0.1) is 5.82 Å². The summed E-state index contributed by atoms with van der Waals surface area (Å²) in [6.07, 6.45) is 1.63. The average Bonchev–Trinajstić information content (AvgIpc) is 3.12. The number of aromatic nitrogens is 3. The van der Waals surface area contributed by atoms with Crippen LogP contribution in [0.4, 0.5) is 10.1 Å². The number of imidazole rings is 1. The first-order chi connectivity index (χ1) is 13.1. The van der Waals surface area contributed by atoms with Crippen molar-refractivity contribution in [1.29, 1.82) is 0 Å². The van der Waals surface area contributed by atoms with E-state index < -0.39 is 0 Å². The standard InChI is InChI=1S/C19H20FN5O2/c1-2-27-18-8-7-17-21-16(13-25(17)22-18)19(26)24-11-9-23(10-12-24)15-5-3-14(20)4-6-15/h3-8,13H,2,9-12H2,1H3. The molecule has 0 unspecified atom stereocenters. The molecule has 0 atom stereocenters. The van der Waals surface area contributed by atoms with E-state index in [0.717, 1.165) is 5.69 Å². The molecule has 0 bridgehead atoms. The van der Waals surface area contributed by atoms with Gasteiger partial charge in [0.05, 0.1) is 12.8 Å². The lowest BCUT2D eigenvalue weighted by atomic mass is 10.2. The molecule has 1 amide bonds. The minimum absolute atomic E-state index is 0.114. The Morgan fingerprint density at radius 2 is 1.85 bits per heavy atom. The van der Waals surface area contributed by atoms with Crippen molar-refractivity contribution < 1.29 is 13.9 Å². The summed E-state index contributed by atoms with van der Waals surface area (Å²) in [6.45, 7) is 4.97. The number of hydrogen-bond donors (Lipinski definition) is 0. The van der Waals surface area contributed by atoms with Gasteiger partial charge in [0.25, 0.3) is 5.91 Å². The number of carbonyl (C=O) groups excluding carboxylic acids is 1. The summed E-state index contributed by atoms with van der Waals surface area (Å²) < 4.78 is 20.0. The van der Waals surface area contributed by atoms with Crippen molar-refractivity contribution >= 4 is 17.2 Å². The van der Waals surface area contributed by atoms with Gasteiger partial charge >= 0.3 is 0 Å². The van der Waals surface area contributed by atoms with E-state index >= 15 is 0 Å². The van der Waals surface area contributed by atoms with Crippen molar-refractivity contribution in [2.45, 2.75) is 6.92 Å². The molecule has 0 radical (unpaired) electrons. The van der Waals surface area contributed by atoms with Crippen molar-refractivity contribution in [3.8, 4) is 5.88 Å². The lowest BCUT2D eigenvalue weighted by molar-refractivity contribution is 0.0741. The maximum atomic E-state index is 13.1. The number of nitrogens with zero attached hydrogens (tertiary/aromatic N) is 5. The highest BCUT2D eigenvalue weighted by Gasteiger charge is 2.24. The summed E-state index contributed by atoms with van der Waals surface area (Å²) in [6, 6.07) is 9.94. The zero-order valence-corrected chi connectivity index (χ0v) is 15.0. The molecule has 140 valence electrons. The molecule has 1 aromatic carbocycles. The van der Waals surface area contributed by atoms with E-state index in [1.165, 1.54) is 12.1 Å². The van der Waals surface area contributed by atoms with Crippen LogP contribution >= 0.6 is 0 Å². The van der Waals surface area contributed by atoms with Gasteiger partial charge in [-0.2, -0.15) is 0 Å². The van der Waals surface area contributed by atoms with Gasteiger partial charge in [-0.15, -0.1) is 5.10 Å². The number of ether oxygens (including phenoxy) is 1. The number of benzene rings is 1. The van der Waals surface area contributed by atoms with Gasteiger partial charge in [0.15, 0.2) is 5.65 Å². The summed E-state index contributed by atoms with van der Waals surface area (Å²) in [4.78, 5) is 21.1. The number of carbonyl (C=O) groups is 1. The molecule has 0 N–H and O–H groups in total. The van der Waals surface area contributed by atoms with Crippen molar-refractivity contribution in [1.82, 2.24) is 19.5 Å². The average molecular weight is 369 g/mol. The van der Waals surface area contributed by atoms with Gasteiger partial charge in [-0.1, -0.05) is 0 Å². The molecular formula is C19H20FN5O2. The molecule has 3 aromatic rings. The van der Waals surface area contributed by atoms with E-state index in [-0.39, 0.29) is 11.7 Å². The zero-order chi connectivity index (χ0) is 18.8. The molecule has 0 saturated carbocycles. The van der Waals surface area contributed by atoms with Crippen LogP contribution in [0.2, 0.25) is 0 Å². The fraction of sp³-hybridized carbons (Fsp3) is 0.316. The van der Waals surface area contributed by atoms with Gasteiger partial charge in [-0.25, -0.2) is 13.9 Å². The molecule has 0 spiro atoms. The molecule has 7 nitrogen and oxygen atoms in total. The minimum atomic E-state index is -0.250. The predicted molar refractivity (Wildman–Crippen MR) is 98.7 cm³/mol. The highest BCUT2D eigenvalue weighted by Crippen LogP contribution is 2.18. The number of piperazine rings is 1. The topological polar surface area (TPSA) is 63.0 Å². The predicted octanol–water partition coefficient (Wildman–Crippen LogP) is 2.23. The van der Waals surface area contributed by atoms with Gasteiger partial charge in [0.1, 0.15) is 11.5 Å². The molecule has 2 aromatic heterocycles. The molecule has 8 heteroatoms. The zero-order valence-electron chi connectivity index (χ0n) is 15.0. The van der Waals surface area contributed by atoms with Crippen molar-refractivity contribution in [2.75, 3.05) is 37.7 Å². The first kappa shape index (κ1) is 17.3. The minimum Gasteiger partial charge on any atom is -0.477 e. The summed E-state index contributed by atoms with van der Waals surface area (Å²) in [7, 11) is 0. The molecule has 1 fully saturated rings. The van der Waals surface area contributed by atoms with Gasteiger partial charge in [-0.3, -0.25) is 4.79 Å². The van der Waals surface area contributed by atoms with Gasteiger partial charge < -0.3 is 14.5 Å². The Morgan fingerprint density at radius 3 is 2.56 bits per heavy atom. The number of fused-ring (bicyclic) bond motifs is 1. The normalized spacial score (nSPS) is 14.6. The third kappa shape index (κ3) is 3.55. The number of hydrogen-bond acceptors (Lipinski definition) is 5. The molecule has 1 saturated heterocycles. The third-order valence-corrected chi connectivity index (χ3v) is 4.57. The lowest BCUT2D eigenvalue weighted by Gasteiger charge is -2.35. The molecule has 4 rings (SSSR count). The molecule has 1 aliphatic rings. The highest BCUT2D eigenvalue weighted by molar-refractivity contribution is 5.93. The van der Waals surface area contributed by atoms with Crippen LogP contribution in [-0.4, -0.2) is 58.2 Å². The first-order valence-corrected chi connectivity index (χ1v) is 8.93. The van der Waals surface area contributed by atoms with Crippen LogP contribution in [0.15, 0.2) is 42.6 Å². The number of amides is 1. The molecule has 27 heavy (non-hydrogen) atoms. The van der Waals surface area contributed by atoms with Crippen LogP contribution in [-0.2, 0) is 0 Å². The van der Waals surface area contributed by atoms with E-state index in [1.807, 2.05) is 6.92 Å². The number of anilines is 1. The van der Waals surface area contributed by atoms with Crippen molar-refractivity contribution in [3.63, 3.8) is 0 Å². The monoisotopic (exact) mass is 369 g/mol. The Balaban J connectivity index is 1.44. The van der Waals surface area contributed by atoms with Gasteiger partial charge in [0, 0.05) is 37.9 Å². The number of halogens is 1. The van der Waals surface area contributed by atoms with Gasteiger partial charge in [0.2, 0.25) is 5.88 Å². The second kappa shape index (κ2) is 7.22. The summed E-state index contributed by atoms with van der Waals surface area (Å²) >= 11 is 0. The molecular weight excluding hydrogens is 349 g/mol. The Kier molecular flexibility index (Phi) is 4.62. The fourth-order valence-corrected chi connectivity index (χ4v) is 3.17. The summed E-state index contributed by atoms with van der Waals surface area (Å²) in [5.74, 6) is 0.132. The first-order valence-electron chi connectivity index (χ1n) is 8.93. The van der Waals surface area contributed by atoms with E-state index in [9.17, 15) is 9.18 Å². The Labute approximate surface area is 156 Å². The maximum Gasteiger partial charge on any atom is 0.274 e. The second-order valence-corrected chi connectivity index (χ2v) is 6.29.